The number of ether oxygens (including phenoxy) is 1. The fourth-order valence-corrected chi connectivity index (χ4v) is 1.34. The fourth-order valence-electron chi connectivity index (χ4n) is 1.34. The second-order valence-corrected chi connectivity index (χ2v) is 3.65. The van der Waals surface area contributed by atoms with E-state index >= 15 is 0 Å². The lowest BCUT2D eigenvalue weighted by atomic mass is 10.2. The van der Waals surface area contributed by atoms with Crippen LogP contribution in [-0.4, -0.2) is 15.5 Å². The Morgan fingerprint density at radius 3 is 2.53 bits per heavy atom. The predicted molar refractivity (Wildman–Crippen MR) is 63.1 cm³/mol. The van der Waals surface area contributed by atoms with Gasteiger partial charge in [0, 0.05) is 12.3 Å². The third kappa shape index (κ3) is 3.15. The van der Waals surface area contributed by atoms with Crippen molar-refractivity contribution in [2.45, 2.75) is 6.73 Å². The van der Waals surface area contributed by atoms with Crippen molar-refractivity contribution in [3.63, 3.8) is 0 Å². The topological polar surface area (TPSA) is 81.2 Å². The van der Waals surface area contributed by atoms with Gasteiger partial charge in [0.1, 0.15) is 5.82 Å². The first-order chi connectivity index (χ1) is 9.06. The standard InChI is InChI=1S/C12H9FN2O4/c13-9-3-1-8(2-4-9)11(17)19-7-15-6-5-10(16)14-12(15)18/h1-6H,7H2,(H,14,16,18). The van der Waals surface area contributed by atoms with Crippen molar-refractivity contribution >= 4 is 5.97 Å². The highest BCUT2D eigenvalue weighted by Gasteiger charge is 2.07. The Bertz CT molecular complexity index is 703. The molecule has 1 aromatic carbocycles. The Morgan fingerprint density at radius 1 is 1.21 bits per heavy atom. The molecule has 0 aliphatic heterocycles. The highest BCUT2D eigenvalue weighted by Crippen LogP contribution is 2.04. The van der Waals surface area contributed by atoms with Crippen LogP contribution in [-0.2, 0) is 11.5 Å². The molecule has 0 bridgehead atoms. The maximum Gasteiger partial charge on any atom is 0.339 e. The quantitative estimate of drug-likeness (QED) is 0.818. The van der Waals surface area contributed by atoms with Crippen LogP contribution in [0.15, 0.2) is 46.1 Å². The molecule has 0 aliphatic carbocycles. The van der Waals surface area contributed by atoms with E-state index in [-0.39, 0.29) is 12.3 Å². The van der Waals surface area contributed by atoms with E-state index in [4.69, 9.17) is 4.74 Å². The molecule has 1 aromatic heterocycles. The number of aromatic nitrogens is 2. The van der Waals surface area contributed by atoms with E-state index in [1.807, 2.05) is 4.98 Å². The van der Waals surface area contributed by atoms with Crippen molar-refractivity contribution in [3.8, 4) is 0 Å². The average molecular weight is 264 g/mol. The lowest BCUT2D eigenvalue weighted by Gasteiger charge is -2.06. The zero-order valence-electron chi connectivity index (χ0n) is 9.63. The van der Waals surface area contributed by atoms with Crippen LogP contribution in [0.5, 0.6) is 0 Å². The van der Waals surface area contributed by atoms with E-state index in [1.54, 1.807) is 0 Å². The molecule has 6 nitrogen and oxygen atoms in total. The third-order valence-electron chi connectivity index (χ3n) is 2.31. The summed E-state index contributed by atoms with van der Waals surface area (Å²) in [7, 11) is 0. The highest BCUT2D eigenvalue weighted by atomic mass is 19.1. The van der Waals surface area contributed by atoms with Crippen LogP contribution >= 0.6 is 0 Å². The number of nitrogens with one attached hydrogen (secondary N) is 1. The number of aromatic amines is 1. The zero-order chi connectivity index (χ0) is 13.8. The summed E-state index contributed by atoms with van der Waals surface area (Å²) in [5.41, 5.74) is -1.05. The Hall–Kier alpha value is -2.70. The van der Waals surface area contributed by atoms with Gasteiger partial charge in [0.25, 0.3) is 5.56 Å². The number of nitrogens with zero attached hydrogens (tertiary/aromatic N) is 1. The van der Waals surface area contributed by atoms with Gasteiger partial charge in [0.15, 0.2) is 6.73 Å². The largest absolute Gasteiger partial charge is 0.440 e. The molecule has 0 atom stereocenters. The smallest absolute Gasteiger partial charge is 0.339 e. The summed E-state index contributed by atoms with van der Waals surface area (Å²) in [6, 6.07) is 5.93. The van der Waals surface area contributed by atoms with Gasteiger partial charge in [-0.05, 0) is 24.3 Å². The summed E-state index contributed by atoms with van der Waals surface area (Å²) >= 11 is 0. The van der Waals surface area contributed by atoms with Crippen molar-refractivity contribution in [2.75, 3.05) is 0 Å². The lowest BCUT2D eigenvalue weighted by Crippen LogP contribution is -2.29. The van der Waals surface area contributed by atoms with Crippen LogP contribution in [0.2, 0.25) is 0 Å². The number of hydrogen-bond donors (Lipinski definition) is 1. The van der Waals surface area contributed by atoms with Gasteiger partial charge >= 0.3 is 11.7 Å². The minimum Gasteiger partial charge on any atom is -0.440 e. The maximum absolute atomic E-state index is 12.7. The Labute approximate surface area is 106 Å². The van der Waals surface area contributed by atoms with Gasteiger partial charge in [0.2, 0.25) is 0 Å². The van der Waals surface area contributed by atoms with Crippen LogP contribution in [0, 0.1) is 5.82 Å². The van der Waals surface area contributed by atoms with Gasteiger partial charge in [-0.25, -0.2) is 14.0 Å². The van der Waals surface area contributed by atoms with Crippen LogP contribution in [0.3, 0.4) is 0 Å². The van der Waals surface area contributed by atoms with Gasteiger partial charge in [-0.2, -0.15) is 0 Å². The number of esters is 1. The third-order valence-corrected chi connectivity index (χ3v) is 2.31. The number of halogens is 1. The molecule has 0 amide bonds. The van der Waals surface area contributed by atoms with E-state index in [0.29, 0.717) is 0 Å². The summed E-state index contributed by atoms with van der Waals surface area (Å²) in [5, 5.41) is 0. The van der Waals surface area contributed by atoms with Crippen molar-refractivity contribution in [1.82, 2.24) is 9.55 Å². The average Bonchev–Trinajstić information content (AvgIpc) is 2.38. The molecule has 1 heterocycles. The molecule has 0 spiro atoms. The summed E-state index contributed by atoms with van der Waals surface area (Å²) in [6.07, 6.45) is 1.21. The van der Waals surface area contributed by atoms with Gasteiger partial charge in [0.05, 0.1) is 5.56 Å². The second-order valence-electron chi connectivity index (χ2n) is 3.65. The molecule has 2 rings (SSSR count). The Balaban J connectivity index is 2.06. The second kappa shape index (κ2) is 5.30. The van der Waals surface area contributed by atoms with Crippen LogP contribution < -0.4 is 11.2 Å². The number of benzene rings is 1. The number of rotatable bonds is 3. The Kier molecular flexibility index (Phi) is 3.56. The van der Waals surface area contributed by atoms with E-state index in [0.717, 1.165) is 22.8 Å². The van der Waals surface area contributed by atoms with Crippen LogP contribution in [0.25, 0.3) is 0 Å². The molecule has 0 radical (unpaired) electrons. The first kappa shape index (κ1) is 12.7. The number of hydrogen-bond acceptors (Lipinski definition) is 4. The molecule has 0 aliphatic rings. The fraction of sp³-hybridized carbons (Fsp3) is 0.0833. The van der Waals surface area contributed by atoms with Gasteiger partial charge in [-0.1, -0.05) is 0 Å². The SMILES string of the molecule is O=C(OCn1ccc(=O)[nH]c1=O)c1ccc(F)cc1. The van der Waals surface area contributed by atoms with Crippen molar-refractivity contribution < 1.29 is 13.9 Å². The molecule has 0 saturated carbocycles. The lowest BCUT2D eigenvalue weighted by molar-refractivity contribution is 0.0363. The van der Waals surface area contributed by atoms with E-state index in [2.05, 4.69) is 0 Å². The number of carbonyl (C=O) groups excluding carboxylic acids is 1. The normalized spacial score (nSPS) is 10.2. The highest BCUT2D eigenvalue weighted by molar-refractivity contribution is 5.89. The molecule has 1 N–H and O–H groups in total. The predicted octanol–water partition coefficient (Wildman–Crippen LogP) is 0.490. The van der Waals surface area contributed by atoms with E-state index in [1.165, 1.54) is 18.3 Å². The van der Waals surface area contributed by atoms with E-state index in [9.17, 15) is 18.8 Å². The summed E-state index contributed by atoms with van der Waals surface area (Å²) < 4.78 is 18.5. The minimum absolute atomic E-state index is 0.166. The maximum atomic E-state index is 12.7. The van der Waals surface area contributed by atoms with Crippen molar-refractivity contribution in [2.24, 2.45) is 0 Å². The molecule has 2 aromatic rings. The first-order valence-corrected chi connectivity index (χ1v) is 5.29. The molecular weight excluding hydrogens is 255 g/mol. The monoisotopic (exact) mass is 264 g/mol. The van der Waals surface area contributed by atoms with Crippen molar-refractivity contribution in [1.29, 1.82) is 0 Å². The molecule has 7 heteroatoms. The first-order valence-electron chi connectivity index (χ1n) is 5.29. The number of carbonyl (C=O) groups is 1. The molecular formula is C12H9FN2O4. The molecule has 98 valence electrons. The Morgan fingerprint density at radius 2 is 1.89 bits per heavy atom. The zero-order valence-corrected chi connectivity index (χ0v) is 9.63. The van der Waals surface area contributed by atoms with Gasteiger partial charge < -0.3 is 4.74 Å². The minimum atomic E-state index is -0.696. The van der Waals surface area contributed by atoms with Crippen molar-refractivity contribution in [3.05, 3.63) is 68.7 Å². The van der Waals surface area contributed by atoms with Gasteiger partial charge in [-0.15, -0.1) is 0 Å². The summed E-state index contributed by atoms with van der Waals surface area (Å²) in [4.78, 5) is 35.7. The van der Waals surface area contributed by atoms with Crippen LogP contribution in [0.1, 0.15) is 10.4 Å². The summed E-state index contributed by atoms with van der Waals surface area (Å²) in [5.74, 6) is -1.16. The molecule has 0 fully saturated rings. The van der Waals surface area contributed by atoms with Crippen LogP contribution in [0.4, 0.5) is 4.39 Å². The summed E-state index contributed by atoms with van der Waals surface area (Å²) in [6.45, 7) is -0.341. The van der Waals surface area contributed by atoms with Gasteiger partial charge in [-0.3, -0.25) is 14.3 Å². The molecule has 0 unspecified atom stereocenters. The number of H-pyrrole nitrogens is 1. The van der Waals surface area contributed by atoms with E-state index < -0.39 is 23.0 Å². The molecule has 0 saturated heterocycles. The molecule has 19 heavy (non-hydrogen) atoms.